The minimum Gasteiger partial charge on any atom is -0.394 e. The molecule has 0 aromatic rings. The summed E-state index contributed by atoms with van der Waals surface area (Å²) >= 11 is 0. The topological polar surface area (TPSA) is 531 Å². The van der Waals surface area contributed by atoms with Gasteiger partial charge in [0.1, 0.15) is 116 Å². The van der Waals surface area contributed by atoms with Crippen molar-refractivity contribution in [3.05, 3.63) is 10.4 Å². The number of aliphatic hydroxyl groups excluding tert-OH is 18. The van der Waals surface area contributed by atoms with Gasteiger partial charge < -0.3 is 145 Å². The second-order valence-electron chi connectivity index (χ2n) is 16.9. The average Bonchev–Trinajstić information content (AvgIpc) is 3.32. The molecule has 0 spiro atoms. The summed E-state index contributed by atoms with van der Waals surface area (Å²) in [7, 11) is 0. The Morgan fingerprint density at radius 2 is 0.706 bits per heavy atom. The lowest BCUT2D eigenvalue weighted by Gasteiger charge is -2.47. The van der Waals surface area contributed by atoms with Crippen molar-refractivity contribution in [1.29, 1.82) is 0 Å². The molecule has 0 saturated carbocycles. The molecule has 6 rings (SSSR count). The molecule has 6 saturated heterocycles. The van der Waals surface area contributed by atoms with Gasteiger partial charge in [0.05, 0.1) is 56.8 Å². The van der Waals surface area contributed by atoms with Crippen LogP contribution in [0.1, 0.15) is 13.8 Å². The maximum absolute atomic E-state index is 10.7. The minimum atomic E-state index is -1.88. The highest BCUT2D eigenvalue weighted by molar-refractivity contribution is 4.99. The molecule has 68 heavy (non-hydrogen) atoms. The van der Waals surface area contributed by atoms with E-state index in [0.717, 1.165) is 0 Å². The highest BCUT2D eigenvalue weighted by Crippen LogP contribution is 2.34. The Kier molecular flexibility index (Phi) is 20.7. The van der Waals surface area contributed by atoms with Crippen LogP contribution in [0.25, 0.3) is 10.4 Å². The third-order valence-electron chi connectivity index (χ3n) is 12.4. The van der Waals surface area contributed by atoms with Crippen molar-refractivity contribution in [1.82, 2.24) is 0 Å². The Bertz CT molecular complexity index is 1590. The van der Waals surface area contributed by atoms with Crippen molar-refractivity contribution in [2.45, 2.75) is 198 Å². The van der Waals surface area contributed by atoms with E-state index in [1.165, 1.54) is 13.8 Å². The largest absolute Gasteiger partial charge is 0.394 e. The highest BCUT2D eigenvalue weighted by Gasteiger charge is 2.55. The number of nitrogens with zero attached hydrogens (tertiary/aromatic N) is 3. The van der Waals surface area contributed by atoms with Gasteiger partial charge in [-0.15, -0.1) is 0 Å². The van der Waals surface area contributed by atoms with Gasteiger partial charge in [-0.1, -0.05) is 5.11 Å². The fourth-order valence-corrected chi connectivity index (χ4v) is 8.27. The van der Waals surface area contributed by atoms with Crippen LogP contribution in [0.5, 0.6) is 0 Å². The van der Waals surface area contributed by atoms with Crippen molar-refractivity contribution in [3.63, 3.8) is 0 Å². The fraction of sp³-hybridized carbons (Fsp3) is 1.00. The molecule has 20 N–H and O–H groups in total. The quantitative estimate of drug-likeness (QED) is 0.0463. The van der Waals surface area contributed by atoms with Gasteiger partial charge in [-0.2, -0.15) is 0 Å². The summed E-state index contributed by atoms with van der Waals surface area (Å²) in [6, 6.07) is -2.03. The van der Waals surface area contributed by atoms with E-state index in [-0.39, 0.29) is 0 Å². The van der Waals surface area contributed by atoms with E-state index in [9.17, 15) is 91.9 Å². The first-order valence-electron chi connectivity index (χ1n) is 21.4. The van der Waals surface area contributed by atoms with Gasteiger partial charge in [0, 0.05) is 4.91 Å². The summed E-state index contributed by atoms with van der Waals surface area (Å²) in [6.07, 6.45) is -43.8. The second-order valence-corrected chi connectivity index (χ2v) is 16.9. The van der Waals surface area contributed by atoms with E-state index in [1.54, 1.807) is 0 Å². The van der Waals surface area contributed by atoms with Crippen molar-refractivity contribution in [2.24, 2.45) is 10.8 Å². The molecule has 0 radical (unpaired) electrons. The summed E-state index contributed by atoms with van der Waals surface area (Å²) < 4.78 is 53.7. The normalized spacial score (nSPS) is 52.3. The van der Waals surface area contributed by atoms with Gasteiger partial charge in [0.2, 0.25) is 0 Å². The molecule has 0 aromatic heterocycles. The summed E-state index contributed by atoms with van der Waals surface area (Å²) in [5, 5.41) is 184. The molecule has 0 aromatic carbocycles. The molecule has 6 heterocycles. The van der Waals surface area contributed by atoms with Crippen LogP contribution in [0, 0.1) is 0 Å². The van der Waals surface area contributed by atoms with E-state index < -0.39 is 211 Å². The Balaban J connectivity index is 0.000000255. The average molecular weight is 1000 g/mol. The lowest BCUT2D eigenvalue weighted by Crippen LogP contribution is -2.66. The van der Waals surface area contributed by atoms with E-state index in [1.807, 2.05) is 0 Å². The molecular weight excluding hydrogens is 936 g/mol. The molecule has 6 fully saturated rings. The maximum Gasteiger partial charge on any atom is 0.187 e. The van der Waals surface area contributed by atoms with Gasteiger partial charge in [-0.3, -0.25) is 0 Å². The lowest BCUT2D eigenvalue weighted by atomic mass is 9.95. The van der Waals surface area contributed by atoms with Crippen LogP contribution in [0.2, 0.25) is 0 Å². The smallest absolute Gasteiger partial charge is 0.187 e. The molecule has 30 atom stereocenters. The SMILES string of the molecule is CC1OC(OC2C(CO)OC(OC3C(CO)OC(O)C(O)C3O)C(O)C2O)C(O)C(O)C1N.CC1OC(OC2C(CO)OC(OC3C(CO)OC(O)C(O)[C@@H]3O)C(O)C2O)C(O)C(O)C1N=[N+]=[N-]. The maximum atomic E-state index is 10.7. The summed E-state index contributed by atoms with van der Waals surface area (Å²) in [4.78, 5) is 2.59. The molecular formula is C36H64N4O28. The van der Waals surface area contributed by atoms with Gasteiger partial charge in [0.25, 0.3) is 0 Å². The van der Waals surface area contributed by atoms with Crippen LogP contribution < -0.4 is 5.73 Å². The Hall–Kier alpha value is -1.85. The Morgan fingerprint density at radius 1 is 0.412 bits per heavy atom. The first-order valence-corrected chi connectivity index (χ1v) is 21.4. The van der Waals surface area contributed by atoms with E-state index in [4.69, 9.17) is 58.6 Å². The molecule has 396 valence electrons. The zero-order valence-electron chi connectivity index (χ0n) is 36.2. The van der Waals surface area contributed by atoms with Crippen LogP contribution in [0.15, 0.2) is 5.11 Å². The number of hydrogen-bond donors (Lipinski definition) is 19. The van der Waals surface area contributed by atoms with Crippen LogP contribution in [0.4, 0.5) is 0 Å². The highest BCUT2D eigenvalue weighted by atomic mass is 16.8. The molecule has 32 heteroatoms. The Morgan fingerprint density at radius 3 is 1.06 bits per heavy atom. The third-order valence-corrected chi connectivity index (χ3v) is 12.4. The third kappa shape index (κ3) is 12.1. The zero-order valence-corrected chi connectivity index (χ0v) is 36.2. The summed E-state index contributed by atoms with van der Waals surface area (Å²) in [5.74, 6) is 0. The predicted molar refractivity (Wildman–Crippen MR) is 209 cm³/mol. The van der Waals surface area contributed by atoms with Crippen molar-refractivity contribution in [2.75, 3.05) is 26.4 Å². The first kappa shape index (κ1) is 57.1. The number of rotatable bonds is 13. The second kappa shape index (κ2) is 24.7. The van der Waals surface area contributed by atoms with Crippen LogP contribution in [0.3, 0.4) is 0 Å². The summed E-state index contributed by atoms with van der Waals surface area (Å²) in [5.41, 5.74) is 14.3. The standard InChI is InChI=1S/C18H31N3O14.C18H33NO14/c1-4-7(20-21-19)8(24)12(28)17(31-4)34-15-6(3-23)33-18(13(29)10(15)26)35-14-5(2-22)32-16(30)11(27)9(14)25;1-4-7(19)8(22)12(26)17(29-4)32-15-6(3-21)31-18(13(27)10(15)24)33-14-5(2-20)30-16(28)11(25)9(14)23/h4-18,22-30H,2-3H2,1H3;4-18,20-28H,2-3,19H2,1H3/t4?,5?,6?,7?,8?,9-,10?,11?,12?,13?,14?,15?,16?,17?,18?;/m0./s1. The van der Waals surface area contributed by atoms with Gasteiger partial charge in [0.15, 0.2) is 37.7 Å². The zero-order chi connectivity index (χ0) is 50.6. The summed E-state index contributed by atoms with van der Waals surface area (Å²) in [6.45, 7) is -0.0335. The molecule has 32 nitrogen and oxygen atoms in total. The number of aliphatic hydroxyl groups is 18. The van der Waals surface area contributed by atoms with Gasteiger partial charge in [-0.05, 0) is 19.4 Å². The van der Waals surface area contributed by atoms with Crippen LogP contribution >= 0.6 is 0 Å². The van der Waals surface area contributed by atoms with Crippen molar-refractivity contribution in [3.8, 4) is 0 Å². The van der Waals surface area contributed by atoms with Crippen LogP contribution in [-0.2, 0) is 47.4 Å². The number of azide groups is 1. The molecule has 0 bridgehead atoms. The van der Waals surface area contributed by atoms with E-state index in [2.05, 4.69) is 10.0 Å². The van der Waals surface area contributed by atoms with E-state index >= 15 is 0 Å². The lowest BCUT2D eigenvalue weighted by molar-refractivity contribution is -0.373. The minimum absolute atomic E-state index is 0.728. The predicted octanol–water partition coefficient (Wildman–Crippen LogP) is -11.8. The monoisotopic (exact) mass is 1000 g/mol. The molecule has 0 aliphatic carbocycles. The molecule has 0 amide bonds. The van der Waals surface area contributed by atoms with Gasteiger partial charge in [-0.25, -0.2) is 0 Å². The molecule has 6 aliphatic rings. The first-order chi connectivity index (χ1) is 32.1. The van der Waals surface area contributed by atoms with Crippen LogP contribution in [-0.4, -0.2) is 302 Å². The fourth-order valence-electron chi connectivity index (χ4n) is 8.27. The Labute approximate surface area is 384 Å². The number of ether oxygens (including phenoxy) is 10. The van der Waals surface area contributed by atoms with E-state index in [0.29, 0.717) is 0 Å². The number of hydrogen-bond acceptors (Lipinski definition) is 30. The van der Waals surface area contributed by atoms with Gasteiger partial charge >= 0.3 is 0 Å². The van der Waals surface area contributed by atoms with Crippen molar-refractivity contribution >= 4 is 0 Å². The number of nitrogens with two attached hydrogens (primary N) is 1. The molecule has 29 unspecified atom stereocenters. The van der Waals surface area contributed by atoms with Crippen molar-refractivity contribution < 1.29 is 139 Å². The molecule has 6 aliphatic heterocycles.